The van der Waals surface area contributed by atoms with Crippen LogP contribution < -0.4 is 5.32 Å². The molecule has 0 spiro atoms. The molecule has 3 heteroatoms. The first-order valence-electron chi connectivity index (χ1n) is 7.18. The van der Waals surface area contributed by atoms with E-state index in [-0.39, 0.29) is 0 Å². The van der Waals surface area contributed by atoms with E-state index in [1.54, 1.807) is 0 Å². The third-order valence-electron chi connectivity index (χ3n) is 3.37. The summed E-state index contributed by atoms with van der Waals surface area (Å²) in [6.45, 7) is 7.40. The van der Waals surface area contributed by atoms with E-state index < -0.39 is 0 Å². The normalized spacial score (nSPS) is 12.6. The minimum atomic E-state index is 0.426. The average molecular weight is 292 g/mol. The van der Waals surface area contributed by atoms with Gasteiger partial charge in [-0.3, -0.25) is 0 Å². The van der Waals surface area contributed by atoms with Gasteiger partial charge in [0.15, 0.2) is 0 Å². The molecule has 2 rings (SSSR count). The van der Waals surface area contributed by atoms with Gasteiger partial charge in [0.2, 0.25) is 0 Å². The van der Waals surface area contributed by atoms with Crippen molar-refractivity contribution in [3.05, 3.63) is 46.7 Å². The van der Waals surface area contributed by atoms with Gasteiger partial charge in [-0.25, -0.2) is 0 Å². The van der Waals surface area contributed by atoms with Crippen LogP contribution in [0.3, 0.4) is 0 Å². The van der Waals surface area contributed by atoms with Gasteiger partial charge in [-0.2, -0.15) is 0 Å². The number of aryl methyl sites for hydroxylation is 1. The molecule has 0 amide bonds. The molecule has 1 aromatic carbocycles. The van der Waals surface area contributed by atoms with Crippen LogP contribution in [0.15, 0.2) is 34.7 Å². The van der Waals surface area contributed by atoms with E-state index in [9.17, 15) is 0 Å². The molecule has 20 heavy (non-hydrogen) atoms. The summed E-state index contributed by atoms with van der Waals surface area (Å²) in [6, 6.07) is 10.5. The summed E-state index contributed by atoms with van der Waals surface area (Å²) in [5.74, 6) is 1.89. The summed E-state index contributed by atoms with van der Waals surface area (Å²) in [7, 11) is 0. The average Bonchev–Trinajstić information content (AvgIpc) is 2.88. The first-order valence-corrected chi connectivity index (χ1v) is 7.56. The van der Waals surface area contributed by atoms with Crippen molar-refractivity contribution in [3.63, 3.8) is 0 Å². The topological polar surface area (TPSA) is 25.2 Å². The summed E-state index contributed by atoms with van der Waals surface area (Å²) < 4.78 is 5.92. The van der Waals surface area contributed by atoms with Crippen molar-refractivity contribution in [1.29, 1.82) is 0 Å². The molecular formula is C17H22ClNO. The number of benzene rings is 1. The first kappa shape index (κ1) is 15.1. The predicted molar refractivity (Wildman–Crippen MR) is 85.4 cm³/mol. The van der Waals surface area contributed by atoms with Crippen LogP contribution in [0.1, 0.15) is 31.6 Å². The number of hydrogen-bond acceptors (Lipinski definition) is 2. The largest absolute Gasteiger partial charge is 0.461 e. The van der Waals surface area contributed by atoms with E-state index in [0.717, 1.165) is 47.1 Å². The fourth-order valence-electron chi connectivity index (χ4n) is 2.15. The van der Waals surface area contributed by atoms with E-state index >= 15 is 0 Å². The molecule has 108 valence electrons. The molecule has 1 unspecified atom stereocenters. The lowest BCUT2D eigenvalue weighted by atomic mass is 10.1. The van der Waals surface area contributed by atoms with Gasteiger partial charge in [0.25, 0.3) is 0 Å². The van der Waals surface area contributed by atoms with Crippen molar-refractivity contribution in [2.45, 2.75) is 39.7 Å². The Balaban J connectivity index is 2.06. The predicted octanol–water partition coefficient (Wildman–Crippen LogP) is 4.84. The van der Waals surface area contributed by atoms with E-state index in [1.807, 2.05) is 37.3 Å². The molecule has 1 heterocycles. The molecule has 1 aromatic heterocycles. The van der Waals surface area contributed by atoms with Crippen LogP contribution in [-0.4, -0.2) is 12.6 Å². The molecule has 0 radical (unpaired) electrons. The zero-order valence-corrected chi connectivity index (χ0v) is 13.1. The molecule has 0 aliphatic rings. The summed E-state index contributed by atoms with van der Waals surface area (Å²) in [5, 5.41) is 4.24. The number of hydrogen-bond donors (Lipinski definition) is 1. The van der Waals surface area contributed by atoms with E-state index in [2.05, 4.69) is 19.2 Å². The van der Waals surface area contributed by atoms with E-state index in [0.29, 0.717) is 6.04 Å². The van der Waals surface area contributed by atoms with Gasteiger partial charge in [0.1, 0.15) is 11.5 Å². The lowest BCUT2D eigenvalue weighted by Gasteiger charge is -2.11. The van der Waals surface area contributed by atoms with Crippen LogP contribution in [0, 0.1) is 6.92 Å². The summed E-state index contributed by atoms with van der Waals surface area (Å²) in [6.07, 6.45) is 2.05. The molecular weight excluding hydrogens is 270 g/mol. The van der Waals surface area contributed by atoms with Gasteiger partial charge in [-0.05, 0) is 50.6 Å². The second-order valence-corrected chi connectivity index (χ2v) is 5.70. The van der Waals surface area contributed by atoms with Crippen LogP contribution in [0.25, 0.3) is 11.3 Å². The molecule has 1 N–H and O–H groups in total. The second kappa shape index (κ2) is 6.96. The quantitative estimate of drug-likeness (QED) is 0.824. The van der Waals surface area contributed by atoms with Crippen LogP contribution >= 0.6 is 11.6 Å². The van der Waals surface area contributed by atoms with Crippen molar-refractivity contribution >= 4 is 11.6 Å². The Morgan fingerprint density at radius 1 is 1.25 bits per heavy atom. The minimum Gasteiger partial charge on any atom is -0.461 e. The second-order valence-electron chi connectivity index (χ2n) is 5.29. The van der Waals surface area contributed by atoms with Crippen LogP contribution in [0.2, 0.25) is 5.02 Å². The van der Waals surface area contributed by atoms with Crippen LogP contribution in [0.4, 0.5) is 0 Å². The number of rotatable bonds is 6. The highest BCUT2D eigenvalue weighted by molar-refractivity contribution is 6.31. The Kier molecular flexibility index (Phi) is 5.27. The molecule has 2 nitrogen and oxygen atoms in total. The fourth-order valence-corrected chi connectivity index (χ4v) is 2.33. The Hall–Kier alpha value is -1.25. The zero-order valence-electron chi connectivity index (χ0n) is 12.4. The number of nitrogens with one attached hydrogen (secondary N) is 1. The van der Waals surface area contributed by atoms with Crippen molar-refractivity contribution < 1.29 is 4.42 Å². The van der Waals surface area contributed by atoms with Crippen molar-refractivity contribution in [1.82, 2.24) is 5.32 Å². The molecule has 1 atom stereocenters. The Bertz CT molecular complexity index is 562. The zero-order chi connectivity index (χ0) is 14.5. The van der Waals surface area contributed by atoms with Gasteiger partial charge in [0, 0.05) is 23.0 Å². The standard InChI is InChI=1S/C17H22ClNO/c1-4-9-19-13(3)10-15-7-8-17(20-15)14-6-5-12(2)16(18)11-14/h5-8,11,13,19H,4,9-10H2,1-3H3. The van der Waals surface area contributed by atoms with E-state index in [4.69, 9.17) is 16.0 Å². The Morgan fingerprint density at radius 2 is 2.05 bits per heavy atom. The maximum Gasteiger partial charge on any atom is 0.134 e. The molecule has 0 aliphatic carbocycles. The maximum atomic E-state index is 6.16. The SMILES string of the molecule is CCCNC(C)Cc1ccc(-c2ccc(C)c(Cl)c2)o1. The smallest absolute Gasteiger partial charge is 0.134 e. The van der Waals surface area contributed by atoms with E-state index in [1.165, 1.54) is 0 Å². The number of furan rings is 1. The fraction of sp³-hybridized carbons (Fsp3) is 0.412. The molecule has 2 aromatic rings. The third-order valence-corrected chi connectivity index (χ3v) is 3.78. The van der Waals surface area contributed by atoms with Crippen LogP contribution in [0.5, 0.6) is 0 Å². The van der Waals surface area contributed by atoms with Crippen molar-refractivity contribution in [2.24, 2.45) is 0 Å². The van der Waals surface area contributed by atoms with Crippen molar-refractivity contribution in [2.75, 3.05) is 6.54 Å². The lowest BCUT2D eigenvalue weighted by Crippen LogP contribution is -2.28. The highest BCUT2D eigenvalue weighted by atomic mass is 35.5. The van der Waals surface area contributed by atoms with Gasteiger partial charge in [0.05, 0.1) is 0 Å². The van der Waals surface area contributed by atoms with Gasteiger partial charge in [-0.1, -0.05) is 30.7 Å². The monoisotopic (exact) mass is 291 g/mol. The molecule has 0 aliphatic heterocycles. The summed E-state index contributed by atoms with van der Waals surface area (Å²) in [4.78, 5) is 0. The number of halogens is 1. The highest BCUT2D eigenvalue weighted by Crippen LogP contribution is 2.27. The minimum absolute atomic E-state index is 0.426. The Morgan fingerprint density at radius 3 is 2.75 bits per heavy atom. The highest BCUT2D eigenvalue weighted by Gasteiger charge is 2.09. The third kappa shape index (κ3) is 3.87. The van der Waals surface area contributed by atoms with Gasteiger partial charge < -0.3 is 9.73 Å². The Labute approximate surface area is 126 Å². The molecule has 0 saturated heterocycles. The summed E-state index contributed by atoms with van der Waals surface area (Å²) in [5.41, 5.74) is 2.11. The summed E-state index contributed by atoms with van der Waals surface area (Å²) >= 11 is 6.16. The van der Waals surface area contributed by atoms with Crippen molar-refractivity contribution in [3.8, 4) is 11.3 Å². The first-order chi connectivity index (χ1) is 9.60. The van der Waals surface area contributed by atoms with Gasteiger partial charge in [-0.15, -0.1) is 0 Å². The van der Waals surface area contributed by atoms with Crippen LogP contribution in [-0.2, 0) is 6.42 Å². The molecule has 0 saturated carbocycles. The van der Waals surface area contributed by atoms with Gasteiger partial charge >= 0.3 is 0 Å². The molecule has 0 bridgehead atoms. The maximum absolute atomic E-state index is 6.16. The molecule has 0 fully saturated rings. The lowest BCUT2D eigenvalue weighted by molar-refractivity contribution is 0.464.